The molecule has 1 N–H and O–H groups in total. The first-order valence-corrected chi connectivity index (χ1v) is 8.15. The Hall–Kier alpha value is -0.240. The number of benzene rings is 1. The zero-order chi connectivity index (χ0) is 15.0. The zero-order valence-electron chi connectivity index (χ0n) is 12.5. The van der Waals surface area contributed by atoms with E-state index in [1.165, 1.54) is 6.42 Å². The molecule has 0 bridgehead atoms. The average molecular weight is 315 g/mol. The summed E-state index contributed by atoms with van der Waals surface area (Å²) in [5, 5.41) is 12.4. The molecule has 0 heterocycles. The molecule has 0 radical (unpaired) electrons. The second kappa shape index (κ2) is 5.87. The van der Waals surface area contributed by atoms with Crippen LogP contribution in [0.15, 0.2) is 18.2 Å². The van der Waals surface area contributed by atoms with Gasteiger partial charge in [0, 0.05) is 6.42 Å². The third-order valence-corrected chi connectivity index (χ3v) is 5.43. The van der Waals surface area contributed by atoms with Crippen molar-refractivity contribution in [3.05, 3.63) is 33.8 Å². The fourth-order valence-corrected chi connectivity index (χ4v) is 4.07. The van der Waals surface area contributed by atoms with Crippen molar-refractivity contribution < 1.29 is 5.11 Å². The van der Waals surface area contributed by atoms with E-state index >= 15 is 0 Å². The van der Waals surface area contributed by atoms with Gasteiger partial charge >= 0.3 is 0 Å². The van der Waals surface area contributed by atoms with Crippen LogP contribution in [0.4, 0.5) is 0 Å². The lowest BCUT2D eigenvalue weighted by Crippen LogP contribution is -2.48. The van der Waals surface area contributed by atoms with Crippen molar-refractivity contribution in [2.45, 2.75) is 58.5 Å². The molecule has 112 valence electrons. The summed E-state index contributed by atoms with van der Waals surface area (Å²) in [5.74, 6) is 0.291. The average Bonchev–Trinajstić information content (AvgIpc) is 2.34. The summed E-state index contributed by atoms with van der Waals surface area (Å²) in [6, 6.07) is 5.67. The molecule has 0 saturated heterocycles. The lowest BCUT2D eigenvalue weighted by atomic mass is 9.62. The Bertz CT molecular complexity index is 478. The molecule has 0 amide bonds. The van der Waals surface area contributed by atoms with Crippen molar-refractivity contribution in [2.75, 3.05) is 0 Å². The van der Waals surface area contributed by atoms with Gasteiger partial charge in [0.2, 0.25) is 0 Å². The highest BCUT2D eigenvalue weighted by Crippen LogP contribution is 2.46. The van der Waals surface area contributed by atoms with Gasteiger partial charge in [-0.2, -0.15) is 0 Å². The van der Waals surface area contributed by atoms with E-state index in [1.807, 2.05) is 12.1 Å². The van der Waals surface area contributed by atoms with Crippen molar-refractivity contribution in [1.29, 1.82) is 0 Å². The largest absolute Gasteiger partial charge is 0.389 e. The van der Waals surface area contributed by atoms with Gasteiger partial charge < -0.3 is 5.11 Å². The maximum Gasteiger partial charge on any atom is 0.0721 e. The van der Waals surface area contributed by atoms with Crippen LogP contribution in [-0.2, 0) is 6.42 Å². The maximum absolute atomic E-state index is 11.2. The Balaban J connectivity index is 2.30. The highest BCUT2D eigenvalue weighted by atomic mass is 35.5. The van der Waals surface area contributed by atoms with Crippen molar-refractivity contribution in [2.24, 2.45) is 11.3 Å². The minimum Gasteiger partial charge on any atom is -0.389 e. The predicted molar refractivity (Wildman–Crippen MR) is 86.5 cm³/mol. The Morgan fingerprint density at radius 1 is 1.25 bits per heavy atom. The van der Waals surface area contributed by atoms with Crippen molar-refractivity contribution in [3.63, 3.8) is 0 Å². The topological polar surface area (TPSA) is 20.2 Å². The Kier molecular flexibility index (Phi) is 4.73. The highest BCUT2D eigenvalue weighted by molar-refractivity contribution is 6.42. The van der Waals surface area contributed by atoms with Crippen LogP contribution in [0, 0.1) is 11.3 Å². The summed E-state index contributed by atoms with van der Waals surface area (Å²) >= 11 is 12.4. The Morgan fingerprint density at radius 2 is 1.95 bits per heavy atom. The first kappa shape index (κ1) is 16.1. The van der Waals surface area contributed by atoms with Gasteiger partial charge in [0.1, 0.15) is 0 Å². The molecule has 1 aromatic rings. The number of hydrogen-bond donors (Lipinski definition) is 1. The fourth-order valence-electron chi connectivity index (χ4n) is 3.69. The molecule has 1 nitrogen and oxygen atoms in total. The van der Waals surface area contributed by atoms with Crippen LogP contribution in [-0.4, -0.2) is 10.7 Å². The molecule has 2 unspecified atom stereocenters. The van der Waals surface area contributed by atoms with Gasteiger partial charge in [0.15, 0.2) is 0 Å². The zero-order valence-corrected chi connectivity index (χ0v) is 14.1. The minimum atomic E-state index is -0.676. The van der Waals surface area contributed by atoms with E-state index in [-0.39, 0.29) is 5.41 Å². The van der Waals surface area contributed by atoms with E-state index < -0.39 is 5.60 Å². The summed E-state index contributed by atoms with van der Waals surface area (Å²) in [5.41, 5.74) is 0.378. The van der Waals surface area contributed by atoms with Gasteiger partial charge in [-0.1, -0.05) is 68.9 Å². The van der Waals surface area contributed by atoms with Crippen LogP contribution in [0.3, 0.4) is 0 Å². The third-order valence-electron chi connectivity index (χ3n) is 4.57. The highest BCUT2D eigenvalue weighted by Gasteiger charge is 2.44. The first-order chi connectivity index (χ1) is 9.24. The molecule has 0 spiro atoms. The van der Waals surface area contributed by atoms with Crippen molar-refractivity contribution >= 4 is 23.2 Å². The van der Waals surface area contributed by atoms with Gasteiger partial charge in [0.25, 0.3) is 0 Å². The molecule has 20 heavy (non-hydrogen) atoms. The summed E-state index contributed by atoms with van der Waals surface area (Å²) in [6.45, 7) is 6.65. The lowest BCUT2D eigenvalue weighted by molar-refractivity contribution is -0.0889. The molecule has 3 heteroatoms. The molecule has 1 aliphatic rings. The standard InChI is InChI=1S/C17H24Cl2O/c1-16(2,3)14-9-4-5-10-17(14,20)11-12-7-6-8-13(18)15(12)19/h6-8,14,20H,4-5,9-11H2,1-3H3. The summed E-state index contributed by atoms with van der Waals surface area (Å²) < 4.78 is 0. The van der Waals surface area contributed by atoms with E-state index in [4.69, 9.17) is 23.2 Å². The van der Waals surface area contributed by atoms with Crippen LogP contribution < -0.4 is 0 Å². The summed E-state index contributed by atoms with van der Waals surface area (Å²) in [7, 11) is 0. The predicted octanol–water partition coefficient (Wildman–Crippen LogP) is 5.50. The smallest absolute Gasteiger partial charge is 0.0721 e. The molecular weight excluding hydrogens is 291 g/mol. The molecule has 1 fully saturated rings. The SMILES string of the molecule is CC(C)(C)C1CCCCC1(O)Cc1cccc(Cl)c1Cl. The Labute approximate surface area is 132 Å². The second-order valence-corrected chi connectivity index (χ2v) is 7.94. The van der Waals surface area contributed by atoms with Crippen LogP contribution >= 0.6 is 23.2 Å². The molecule has 1 saturated carbocycles. The summed E-state index contributed by atoms with van der Waals surface area (Å²) in [4.78, 5) is 0. The maximum atomic E-state index is 11.2. The molecule has 0 aliphatic heterocycles. The van der Waals surface area contributed by atoms with Gasteiger partial charge in [0.05, 0.1) is 15.6 Å². The van der Waals surface area contributed by atoms with Gasteiger partial charge in [-0.05, 0) is 35.8 Å². The van der Waals surface area contributed by atoms with Crippen LogP contribution in [0.1, 0.15) is 52.0 Å². The van der Waals surface area contributed by atoms with Crippen LogP contribution in [0.25, 0.3) is 0 Å². The monoisotopic (exact) mass is 314 g/mol. The summed E-state index contributed by atoms with van der Waals surface area (Å²) in [6.07, 6.45) is 4.80. The van der Waals surface area contributed by atoms with E-state index in [2.05, 4.69) is 20.8 Å². The molecule has 2 atom stereocenters. The minimum absolute atomic E-state index is 0.0974. The van der Waals surface area contributed by atoms with Crippen LogP contribution in [0.5, 0.6) is 0 Å². The molecule has 1 aromatic carbocycles. The number of rotatable bonds is 2. The van der Waals surface area contributed by atoms with Crippen LogP contribution in [0.2, 0.25) is 10.0 Å². The second-order valence-electron chi connectivity index (χ2n) is 7.16. The quantitative estimate of drug-likeness (QED) is 0.763. The lowest BCUT2D eigenvalue weighted by Gasteiger charge is -2.47. The molecule has 1 aliphatic carbocycles. The normalized spacial score (nSPS) is 27.6. The van der Waals surface area contributed by atoms with E-state index in [0.717, 1.165) is 24.8 Å². The van der Waals surface area contributed by atoms with E-state index in [0.29, 0.717) is 22.4 Å². The van der Waals surface area contributed by atoms with Gasteiger partial charge in [-0.3, -0.25) is 0 Å². The van der Waals surface area contributed by atoms with Crippen molar-refractivity contribution in [1.82, 2.24) is 0 Å². The van der Waals surface area contributed by atoms with Gasteiger partial charge in [-0.15, -0.1) is 0 Å². The number of halogens is 2. The van der Waals surface area contributed by atoms with E-state index in [1.54, 1.807) is 6.07 Å². The fraction of sp³-hybridized carbons (Fsp3) is 0.647. The number of hydrogen-bond acceptors (Lipinski definition) is 1. The number of aliphatic hydroxyl groups is 1. The molecular formula is C17H24Cl2O. The van der Waals surface area contributed by atoms with Gasteiger partial charge in [-0.25, -0.2) is 0 Å². The Morgan fingerprint density at radius 3 is 2.60 bits per heavy atom. The molecule has 2 rings (SSSR count). The third kappa shape index (κ3) is 3.32. The van der Waals surface area contributed by atoms with Crippen molar-refractivity contribution in [3.8, 4) is 0 Å². The first-order valence-electron chi connectivity index (χ1n) is 7.39. The molecule has 0 aromatic heterocycles. The van der Waals surface area contributed by atoms with E-state index in [9.17, 15) is 5.11 Å².